The van der Waals surface area contributed by atoms with Crippen molar-refractivity contribution in [3.63, 3.8) is 0 Å². The number of aromatic nitrogens is 3. The summed E-state index contributed by atoms with van der Waals surface area (Å²) in [6, 6.07) is 5.68. The summed E-state index contributed by atoms with van der Waals surface area (Å²) in [7, 11) is 3.45. The zero-order valence-electron chi connectivity index (χ0n) is 11.6. The fourth-order valence-electron chi connectivity index (χ4n) is 1.65. The van der Waals surface area contributed by atoms with E-state index in [0.717, 1.165) is 22.9 Å². The minimum Gasteiger partial charge on any atom is -0.481 e. The van der Waals surface area contributed by atoms with Gasteiger partial charge in [0.25, 0.3) is 0 Å². The number of nitrogens with zero attached hydrogens (tertiary/aromatic N) is 3. The first kappa shape index (κ1) is 13.3. The fraction of sp³-hybridized carbons (Fsp3) is 0.357. The molecule has 0 aliphatic heterocycles. The van der Waals surface area contributed by atoms with Crippen LogP contribution in [-0.4, -0.2) is 29.1 Å². The molecule has 1 N–H and O–H groups in total. The highest BCUT2D eigenvalue weighted by Gasteiger charge is 2.09. The zero-order valence-corrected chi connectivity index (χ0v) is 11.6. The summed E-state index contributed by atoms with van der Waals surface area (Å²) < 4.78 is 5.06. The van der Waals surface area contributed by atoms with Crippen LogP contribution in [0.25, 0.3) is 11.3 Å². The molecule has 0 saturated carbocycles. The first-order valence-corrected chi connectivity index (χ1v) is 6.21. The molecule has 0 bridgehead atoms. The molecule has 0 radical (unpaired) electrons. The van der Waals surface area contributed by atoms with Crippen LogP contribution in [0.2, 0.25) is 0 Å². The molecule has 100 valence electrons. The van der Waals surface area contributed by atoms with Crippen LogP contribution in [-0.2, 0) is 0 Å². The van der Waals surface area contributed by atoms with Gasteiger partial charge in [-0.3, -0.25) is 0 Å². The van der Waals surface area contributed by atoms with Gasteiger partial charge in [0.05, 0.1) is 12.8 Å². The minimum absolute atomic E-state index is 0.276. The SMILES string of the molecule is CNc1cc(-c2ccc(OC)nc2)nc(C(C)C)n1. The molecular formula is C14H18N4O. The van der Waals surface area contributed by atoms with E-state index < -0.39 is 0 Å². The van der Waals surface area contributed by atoms with Gasteiger partial charge >= 0.3 is 0 Å². The smallest absolute Gasteiger partial charge is 0.212 e. The van der Waals surface area contributed by atoms with Gasteiger partial charge < -0.3 is 10.1 Å². The maximum absolute atomic E-state index is 5.06. The molecule has 5 nitrogen and oxygen atoms in total. The van der Waals surface area contributed by atoms with Crippen molar-refractivity contribution in [1.29, 1.82) is 0 Å². The van der Waals surface area contributed by atoms with E-state index in [0.29, 0.717) is 5.88 Å². The molecule has 0 atom stereocenters. The summed E-state index contributed by atoms with van der Waals surface area (Å²) >= 11 is 0. The van der Waals surface area contributed by atoms with Crippen molar-refractivity contribution in [1.82, 2.24) is 15.0 Å². The highest BCUT2D eigenvalue weighted by atomic mass is 16.5. The Balaban J connectivity index is 2.44. The number of hydrogen-bond acceptors (Lipinski definition) is 5. The summed E-state index contributed by atoms with van der Waals surface area (Å²) in [5.41, 5.74) is 1.81. The Kier molecular flexibility index (Phi) is 3.94. The van der Waals surface area contributed by atoms with Gasteiger partial charge in [-0.2, -0.15) is 0 Å². The lowest BCUT2D eigenvalue weighted by atomic mass is 10.1. The summed E-state index contributed by atoms with van der Waals surface area (Å²) in [6.07, 6.45) is 1.75. The van der Waals surface area contributed by atoms with Crippen molar-refractivity contribution in [2.75, 3.05) is 19.5 Å². The third kappa shape index (κ3) is 2.99. The summed E-state index contributed by atoms with van der Waals surface area (Å²) in [4.78, 5) is 13.2. The zero-order chi connectivity index (χ0) is 13.8. The van der Waals surface area contributed by atoms with E-state index in [9.17, 15) is 0 Å². The van der Waals surface area contributed by atoms with E-state index in [2.05, 4.69) is 34.1 Å². The number of pyridine rings is 1. The Bertz CT molecular complexity index is 552. The Morgan fingerprint density at radius 1 is 1.21 bits per heavy atom. The molecule has 2 aromatic rings. The Morgan fingerprint density at radius 3 is 2.53 bits per heavy atom. The molecule has 2 heterocycles. The number of methoxy groups -OCH3 is 1. The Hall–Kier alpha value is -2.17. The standard InChI is InChI=1S/C14H18N4O/c1-9(2)14-17-11(7-12(15-3)18-14)10-5-6-13(19-4)16-8-10/h5-9H,1-4H3,(H,15,17,18). The predicted octanol–water partition coefficient (Wildman–Crippen LogP) is 2.71. The molecule has 0 aromatic carbocycles. The fourth-order valence-corrected chi connectivity index (χ4v) is 1.65. The van der Waals surface area contributed by atoms with Crippen molar-refractivity contribution in [3.8, 4) is 17.1 Å². The summed E-state index contributed by atoms with van der Waals surface area (Å²) in [5, 5.41) is 3.06. The second kappa shape index (κ2) is 5.65. The normalized spacial score (nSPS) is 10.6. The minimum atomic E-state index is 0.276. The molecule has 0 saturated heterocycles. The lowest BCUT2D eigenvalue weighted by Gasteiger charge is -2.10. The van der Waals surface area contributed by atoms with Crippen LogP contribution in [0.4, 0.5) is 5.82 Å². The Morgan fingerprint density at radius 2 is 2.00 bits per heavy atom. The van der Waals surface area contributed by atoms with Gasteiger partial charge in [0.1, 0.15) is 11.6 Å². The molecule has 0 spiro atoms. The third-order valence-corrected chi connectivity index (χ3v) is 2.76. The average Bonchev–Trinajstić information content (AvgIpc) is 2.46. The van der Waals surface area contributed by atoms with Crippen LogP contribution in [0, 0.1) is 0 Å². The maximum atomic E-state index is 5.06. The second-order valence-electron chi connectivity index (χ2n) is 4.49. The molecule has 0 unspecified atom stereocenters. The number of hydrogen-bond donors (Lipinski definition) is 1. The van der Waals surface area contributed by atoms with Crippen molar-refractivity contribution >= 4 is 5.82 Å². The first-order valence-electron chi connectivity index (χ1n) is 6.21. The molecule has 19 heavy (non-hydrogen) atoms. The van der Waals surface area contributed by atoms with Gasteiger partial charge in [-0.1, -0.05) is 13.8 Å². The predicted molar refractivity (Wildman–Crippen MR) is 75.5 cm³/mol. The van der Waals surface area contributed by atoms with Gasteiger partial charge in [0.2, 0.25) is 5.88 Å². The van der Waals surface area contributed by atoms with E-state index in [-0.39, 0.29) is 5.92 Å². The topological polar surface area (TPSA) is 59.9 Å². The number of anilines is 1. The Labute approximate surface area is 113 Å². The molecule has 0 aliphatic rings. The van der Waals surface area contributed by atoms with Gasteiger partial charge in [0, 0.05) is 36.9 Å². The molecule has 0 fully saturated rings. The van der Waals surface area contributed by atoms with E-state index in [1.807, 2.05) is 25.2 Å². The lowest BCUT2D eigenvalue weighted by molar-refractivity contribution is 0.398. The van der Waals surface area contributed by atoms with Crippen molar-refractivity contribution < 1.29 is 4.74 Å². The van der Waals surface area contributed by atoms with Crippen LogP contribution in [0.15, 0.2) is 24.4 Å². The number of rotatable bonds is 4. The first-order chi connectivity index (χ1) is 9.13. The largest absolute Gasteiger partial charge is 0.481 e. The number of nitrogens with one attached hydrogen (secondary N) is 1. The van der Waals surface area contributed by atoms with Crippen LogP contribution >= 0.6 is 0 Å². The van der Waals surface area contributed by atoms with E-state index in [1.54, 1.807) is 13.3 Å². The number of ether oxygens (including phenoxy) is 1. The molecule has 2 aromatic heterocycles. The van der Waals surface area contributed by atoms with Crippen molar-refractivity contribution in [2.45, 2.75) is 19.8 Å². The summed E-state index contributed by atoms with van der Waals surface area (Å²) in [6.45, 7) is 4.15. The van der Waals surface area contributed by atoms with Crippen molar-refractivity contribution in [2.24, 2.45) is 0 Å². The molecule has 0 amide bonds. The van der Waals surface area contributed by atoms with Gasteiger partial charge in [-0.05, 0) is 6.07 Å². The molecule has 0 aliphatic carbocycles. The monoisotopic (exact) mass is 258 g/mol. The van der Waals surface area contributed by atoms with Crippen LogP contribution in [0.1, 0.15) is 25.6 Å². The molecule has 5 heteroatoms. The lowest BCUT2D eigenvalue weighted by Crippen LogP contribution is -2.03. The van der Waals surface area contributed by atoms with Crippen LogP contribution in [0.3, 0.4) is 0 Å². The van der Waals surface area contributed by atoms with Gasteiger partial charge in [-0.15, -0.1) is 0 Å². The van der Waals surface area contributed by atoms with Gasteiger partial charge in [0.15, 0.2) is 0 Å². The highest BCUT2D eigenvalue weighted by molar-refractivity contribution is 5.62. The van der Waals surface area contributed by atoms with Crippen LogP contribution < -0.4 is 10.1 Å². The molecular weight excluding hydrogens is 240 g/mol. The van der Waals surface area contributed by atoms with E-state index in [4.69, 9.17) is 4.74 Å². The van der Waals surface area contributed by atoms with E-state index >= 15 is 0 Å². The van der Waals surface area contributed by atoms with E-state index in [1.165, 1.54) is 0 Å². The summed E-state index contributed by atoms with van der Waals surface area (Å²) in [5.74, 6) is 2.50. The molecule has 2 rings (SSSR count). The third-order valence-electron chi connectivity index (χ3n) is 2.76. The van der Waals surface area contributed by atoms with Gasteiger partial charge in [-0.25, -0.2) is 15.0 Å². The average molecular weight is 258 g/mol. The van der Waals surface area contributed by atoms with Crippen molar-refractivity contribution in [3.05, 3.63) is 30.2 Å². The quantitative estimate of drug-likeness (QED) is 0.913. The van der Waals surface area contributed by atoms with Crippen LogP contribution in [0.5, 0.6) is 5.88 Å². The highest BCUT2D eigenvalue weighted by Crippen LogP contribution is 2.22. The maximum Gasteiger partial charge on any atom is 0.212 e. The second-order valence-corrected chi connectivity index (χ2v) is 4.49.